The van der Waals surface area contributed by atoms with Gasteiger partial charge in [-0.05, 0) is 11.5 Å². The van der Waals surface area contributed by atoms with Crippen LogP contribution in [0.15, 0.2) is 42.5 Å². The molecule has 0 aliphatic heterocycles. The van der Waals surface area contributed by atoms with Gasteiger partial charge in [0, 0.05) is 18.1 Å². The van der Waals surface area contributed by atoms with Crippen molar-refractivity contribution >= 4 is 16.5 Å². The van der Waals surface area contributed by atoms with Crippen molar-refractivity contribution in [1.29, 1.82) is 0 Å². The van der Waals surface area contributed by atoms with Gasteiger partial charge < -0.3 is 11.5 Å². The number of hydrogen-bond donors (Lipinski definition) is 2. The Hall–Kier alpha value is -1.54. The summed E-state index contributed by atoms with van der Waals surface area (Å²) in [6, 6.07) is 14.6. The molecule has 0 saturated heterocycles. The molecule has 2 aromatic carbocycles. The van der Waals surface area contributed by atoms with Gasteiger partial charge in [0.05, 0.1) is 0 Å². The average Bonchev–Trinajstić information content (AvgIpc) is 2.17. The van der Waals surface area contributed by atoms with Crippen LogP contribution in [0.4, 0.5) is 5.69 Å². The minimum atomic E-state index is 0. The molecule has 0 saturated carbocycles. The summed E-state index contributed by atoms with van der Waals surface area (Å²) in [4.78, 5) is 0. The van der Waals surface area contributed by atoms with Crippen LogP contribution >= 0.6 is 0 Å². The molecular formula is C11H14N2. The van der Waals surface area contributed by atoms with Crippen LogP contribution in [0, 0.1) is 0 Å². The van der Waals surface area contributed by atoms with Gasteiger partial charge in [0.25, 0.3) is 0 Å². The molecule has 0 heterocycles. The molecule has 68 valence electrons. The highest BCUT2D eigenvalue weighted by molar-refractivity contribution is 5.93. The van der Waals surface area contributed by atoms with Crippen molar-refractivity contribution in [2.24, 2.45) is 0 Å². The highest BCUT2D eigenvalue weighted by Gasteiger charge is 1.95. The van der Waals surface area contributed by atoms with E-state index in [9.17, 15) is 0 Å². The van der Waals surface area contributed by atoms with Crippen molar-refractivity contribution in [3.05, 3.63) is 42.5 Å². The van der Waals surface area contributed by atoms with E-state index < -0.39 is 0 Å². The maximum Gasteiger partial charge on any atom is 0.0417 e. The van der Waals surface area contributed by atoms with Crippen LogP contribution in [-0.2, 0) is 0 Å². The third-order valence-corrected chi connectivity index (χ3v) is 2.06. The number of hydrogen-bond acceptors (Lipinski definition) is 2. The Morgan fingerprint density at radius 2 is 1.62 bits per heavy atom. The summed E-state index contributed by atoms with van der Waals surface area (Å²) in [5.74, 6) is 0. The fourth-order valence-electron chi connectivity index (χ4n) is 1.44. The molecule has 2 nitrogen and oxygen atoms in total. The molecule has 0 fully saturated rings. The van der Waals surface area contributed by atoms with Gasteiger partial charge in [0.1, 0.15) is 0 Å². The van der Waals surface area contributed by atoms with E-state index in [1.807, 2.05) is 7.05 Å². The summed E-state index contributed by atoms with van der Waals surface area (Å²) < 4.78 is 0. The normalized spacial score (nSPS) is 9.31. The van der Waals surface area contributed by atoms with E-state index in [-0.39, 0.29) is 6.15 Å². The van der Waals surface area contributed by atoms with Gasteiger partial charge in [0.2, 0.25) is 0 Å². The number of rotatable bonds is 1. The van der Waals surface area contributed by atoms with Crippen LogP contribution in [0.3, 0.4) is 0 Å². The summed E-state index contributed by atoms with van der Waals surface area (Å²) in [5, 5.41) is 5.73. The maximum absolute atomic E-state index is 3.17. The topological polar surface area (TPSA) is 47.0 Å². The lowest BCUT2D eigenvalue weighted by Crippen LogP contribution is -1.88. The number of anilines is 1. The Kier molecular flexibility index (Phi) is 2.88. The maximum atomic E-state index is 3.17. The summed E-state index contributed by atoms with van der Waals surface area (Å²) in [6.07, 6.45) is 0. The lowest BCUT2D eigenvalue weighted by atomic mass is 10.1. The fourth-order valence-corrected chi connectivity index (χ4v) is 1.44. The summed E-state index contributed by atoms with van der Waals surface area (Å²) in [7, 11) is 1.95. The van der Waals surface area contributed by atoms with Crippen LogP contribution < -0.4 is 11.5 Å². The molecule has 2 heteroatoms. The van der Waals surface area contributed by atoms with Crippen molar-refractivity contribution < 1.29 is 0 Å². The van der Waals surface area contributed by atoms with Crippen LogP contribution in [0.5, 0.6) is 0 Å². The van der Waals surface area contributed by atoms with Crippen molar-refractivity contribution in [3.8, 4) is 0 Å². The first-order chi connectivity index (χ1) is 5.92. The zero-order valence-corrected chi connectivity index (χ0v) is 7.75. The second kappa shape index (κ2) is 3.92. The molecule has 0 unspecified atom stereocenters. The molecular weight excluding hydrogens is 160 g/mol. The Bertz CT molecular complexity index is 391. The summed E-state index contributed by atoms with van der Waals surface area (Å²) in [6.45, 7) is 0. The smallest absolute Gasteiger partial charge is 0.0417 e. The SMILES string of the molecule is CNc1cccc2ccccc12.N. The third-order valence-electron chi connectivity index (χ3n) is 2.06. The molecule has 13 heavy (non-hydrogen) atoms. The number of nitrogens with one attached hydrogen (secondary N) is 1. The molecule has 0 spiro atoms. The van der Waals surface area contributed by atoms with Crippen LogP contribution in [-0.4, -0.2) is 7.05 Å². The molecule has 0 aromatic heterocycles. The van der Waals surface area contributed by atoms with Crippen molar-refractivity contribution in [2.75, 3.05) is 12.4 Å². The quantitative estimate of drug-likeness (QED) is 0.698. The predicted octanol–water partition coefficient (Wildman–Crippen LogP) is 3.04. The van der Waals surface area contributed by atoms with Gasteiger partial charge in [-0.25, -0.2) is 0 Å². The van der Waals surface area contributed by atoms with Crippen molar-refractivity contribution in [3.63, 3.8) is 0 Å². The van der Waals surface area contributed by atoms with Gasteiger partial charge >= 0.3 is 0 Å². The first kappa shape index (κ1) is 9.55. The standard InChI is InChI=1S/C11H11N.H3N/c1-12-11-8-4-6-9-5-2-3-7-10(9)11;/h2-8,12H,1H3;1H3. The fraction of sp³-hybridized carbons (Fsp3) is 0.0909. The third kappa shape index (κ3) is 1.63. The van der Waals surface area contributed by atoms with Gasteiger partial charge in [-0.2, -0.15) is 0 Å². The molecule has 0 atom stereocenters. The predicted molar refractivity (Wildman–Crippen MR) is 58.5 cm³/mol. The van der Waals surface area contributed by atoms with Crippen LogP contribution in [0.25, 0.3) is 10.8 Å². The molecule has 2 aromatic rings. The largest absolute Gasteiger partial charge is 0.388 e. The summed E-state index contributed by atoms with van der Waals surface area (Å²) in [5.41, 5.74) is 1.19. The first-order valence-corrected chi connectivity index (χ1v) is 4.07. The Morgan fingerprint density at radius 1 is 0.923 bits per heavy atom. The minimum Gasteiger partial charge on any atom is -0.388 e. The molecule has 2 rings (SSSR count). The van der Waals surface area contributed by atoms with E-state index in [4.69, 9.17) is 0 Å². The number of benzene rings is 2. The lowest BCUT2D eigenvalue weighted by Gasteiger charge is -2.04. The van der Waals surface area contributed by atoms with Crippen LogP contribution in [0.2, 0.25) is 0 Å². The Morgan fingerprint density at radius 3 is 2.38 bits per heavy atom. The highest BCUT2D eigenvalue weighted by Crippen LogP contribution is 2.21. The van der Waals surface area contributed by atoms with Gasteiger partial charge in [-0.15, -0.1) is 0 Å². The van der Waals surface area contributed by atoms with Crippen molar-refractivity contribution in [2.45, 2.75) is 0 Å². The highest BCUT2D eigenvalue weighted by atomic mass is 14.8. The molecule has 0 radical (unpaired) electrons. The van der Waals surface area contributed by atoms with E-state index >= 15 is 0 Å². The zero-order valence-electron chi connectivity index (χ0n) is 7.75. The molecule has 0 bridgehead atoms. The first-order valence-electron chi connectivity index (χ1n) is 4.07. The monoisotopic (exact) mass is 174 g/mol. The van der Waals surface area contributed by atoms with Gasteiger partial charge in [0.15, 0.2) is 0 Å². The molecule has 0 aliphatic carbocycles. The second-order valence-corrected chi connectivity index (χ2v) is 2.78. The second-order valence-electron chi connectivity index (χ2n) is 2.78. The lowest BCUT2D eigenvalue weighted by molar-refractivity contribution is 1.55. The zero-order chi connectivity index (χ0) is 8.39. The van der Waals surface area contributed by atoms with Gasteiger partial charge in [-0.3, -0.25) is 0 Å². The Balaban J connectivity index is 0.000000845. The van der Waals surface area contributed by atoms with Gasteiger partial charge in [-0.1, -0.05) is 36.4 Å². The van der Waals surface area contributed by atoms with E-state index in [0.29, 0.717) is 0 Å². The molecule has 0 amide bonds. The van der Waals surface area contributed by atoms with E-state index in [0.717, 1.165) is 0 Å². The van der Waals surface area contributed by atoms with Crippen LogP contribution in [0.1, 0.15) is 0 Å². The van der Waals surface area contributed by atoms with E-state index in [1.165, 1.54) is 16.5 Å². The molecule has 0 aliphatic rings. The Labute approximate surface area is 78.2 Å². The van der Waals surface area contributed by atoms with E-state index in [1.54, 1.807) is 0 Å². The molecule has 4 N–H and O–H groups in total. The number of fused-ring (bicyclic) bond motifs is 1. The minimum absolute atomic E-state index is 0. The van der Waals surface area contributed by atoms with Crippen molar-refractivity contribution in [1.82, 2.24) is 6.15 Å². The average molecular weight is 174 g/mol. The summed E-state index contributed by atoms with van der Waals surface area (Å²) >= 11 is 0. The van der Waals surface area contributed by atoms with E-state index in [2.05, 4.69) is 47.8 Å².